The molecule has 0 saturated carbocycles. The summed E-state index contributed by atoms with van der Waals surface area (Å²) in [7, 11) is 0. The minimum atomic E-state index is -0.432. The van der Waals surface area contributed by atoms with E-state index in [9.17, 15) is 14.4 Å². The van der Waals surface area contributed by atoms with Crippen LogP contribution in [0.3, 0.4) is 0 Å². The Balaban J connectivity index is 2.24. The van der Waals surface area contributed by atoms with Crippen molar-refractivity contribution in [3.05, 3.63) is 22.4 Å². The van der Waals surface area contributed by atoms with Gasteiger partial charge in [-0.1, -0.05) is 0 Å². The summed E-state index contributed by atoms with van der Waals surface area (Å²) in [5.41, 5.74) is 4.97. The first kappa shape index (κ1) is 18.2. The molecule has 0 spiro atoms. The highest BCUT2D eigenvalue weighted by atomic mass is 79.9. The summed E-state index contributed by atoms with van der Waals surface area (Å²) in [6, 6.07) is 1.60. The molecule has 3 amide bonds. The third-order valence-electron chi connectivity index (χ3n) is 3.12. The second-order valence-electron chi connectivity index (χ2n) is 4.65. The molecule has 1 rings (SSSR count). The van der Waals surface area contributed by atoms with Gasteiger partial charge >= 0.3 is 0 Å². The predicted octanol–water partition coefficient (Wildman–Crippen LogP) is 1.58. The van der Waals surface area contributed by atoms with Crippen LogP contribution in [0, 0.1) is 0 Å². The molecule has 0 unspecified atom stereocenters. The molecule has 0 radical (unpaired) electrons. The zero-order valence-electron chi connectivity index (χ0n) is 12.7. The Labute approximate surface area is 137 Å². The summed E-state index contributed by atoms with van der Waals surface area (Å²) < 4.78 is 0.749. The summed E-state index contributed by atoms with van der Waals surface area (Å²) in [5.74, 6) is -0.720. The first-order valence-electron chi connectivity index (χ1n) is 7.18. The Kier molecular flexibility index (Phi) is 7.65. The second-order valence-corrected chi connectivity index (χ2v) is 5.57. The number of nitrogens with one attached hydrogen (secondary N) is 3. The van der Waals surface area contributed by atoms with Crippen LogP contribution in [0.5, 0.6) is 0 Å². The van der Waals surface area contributed by atoms with E-state index in [-0.39, 0.29) is 18.2 Å². The highest BCUT2D eigenvalue weighted by Crippen LogP contribution is 2.10. The monoisotopic (exact) mass is 372 g/mol. The molecular formula is C14H21BrN4O3. The molecule has 8 heteroatoms. The van der Waals surface area contributed by atoms with E-state index in [1.807, 2.05) is 13.8 Å². The summed E-state index contributed by atoms with van der Waals surface area (Å²) in [4.78, 5) is 39.5. The molecule has 0 fully saturated rings. The number of halogens is 1. The van der Waals surface area contributed by atoms with Crippen molar-refractivity contribution in [3.63, 3.8) is 0 Å². The number of H-pyrrole nitrogens is 1. The first-order chi connectivity index (χ1) is 10.5. The number of carbonyl (C=O) groups excluding carboxylic acids is 3. The Morgan fingerprint density at radius 1 is 1.18 bits per heavy atom. The van der Waals surface area contributed by atoms with Crippen LogP contribution in [0.15, 0.2) is 16.7 Å². The maximum Gasteiger partial charge on any atom is 0.286 e. The van der Waals surface area contributed by atoms with E-state index in [1.165, 1.54) is 0 Å². The van der Waals surface area contributed by atoms with E-state index in [1.54, 1.807) is 17.2 Å². The summed E-state index contributed by atoms with van der Waals surface area (Å²) >= 11 is 3.22. The summed E-state index contributed by atoms with van der Waals surface area (Å²) in [6.07, 6.45) is 2.58. The number of hydrazine groups is 1. The van der Waals surface area contributed by atoms with Crippen molar-refractivity contribution < 1.29 is 14.4 Å². The maximum atomic E-state index is 11.8. The topological polar surface area (TPSA) is 94.3 Å². The fraction of sp³-hybridized carbons (Fsp3) is 0.500. The smallest absolute Gasteiger partial charge is 0.286 e. The SMILES string of the molecule is CCN(CC)C(=O)CCCC(=O)NNC(=O)c1cc(Br)c[nH]1. The molecule has 0 saturated heterocycles. The molecule has 0 aromatic carbocycles. The van der Waals surface area contributed by atoms with E-state index >= 15 is 0 Å². The Morgan fingerprint density at radius 2 is 1.86 bits per heavy atom. The number of carbonyl (C=O) groups is 3. The third-order valence-corrected chi connectivity index (χ3v) is 3.58. The van der Waals surface area contributed by atoms with Gasteiger partial charge < -0.3 is 9.88 Å². The van der Waals surface area contributed by atoms with Gasteiger partial charge in [-0.05, 0) is 42.3 Å². The van der Waals surface area contributed by atoms with Crippen LogP contribution < -0.4 is 10.9 Å². The lowest BCUT2D eigenvalue weighted by Gasteiger charge is -2.18. The molecule has 0 bridgehead atoms. The lowest BCUT2D eigenvalue weighted by Crippen LogP contribution is -2.41. The van der Waals surface area contributed by atoms with Gasteiger partial charge in [0.05, 0.1) is 0 Å². The highest BCUT2D eigenvalue weighted by molar-refractivity contribution is 9.10. The average molecular weight is 373 g/mol. The largest absolute Gasteiger partial charge is 0.356 e. The van der Waals surface area contributed by atoms with Crippen molar-refractivity contribution in [3.8, 4) is 0 Å². The lowest BCUT2D eigenvalue weighted by molar-refractivity contribution is -0.131. The van der Waals surface area contributed by atoms with E-state index in [2.05, 4.69) is 31.8 Å². The van der Waals surface area contributed by atoms with Crippen molar-refractivity contribution in [2.24, 2.45) is 0 Å². The molecule has 7 nitrogen and oxygen atoms in total. The number of nitrogens with zero attached hydrogens (tertiary/aromatic N) is 1. The van der Waals surface area contributed by atoms with E-state index in [4.69, 9.17) is 0 Å². The van der Waals surface area contributed by atoms with E-state index < -0.39 is 5.91 Å². The number of aromatic nitrogens is 1. The Hall–Kier alpha value is -1.83. The standard InChI is InChI=1S/C14H21BrN4O3/c1-3-19(4-2)13(21)7-5-6-12(20)17-18-14(22)11-8-10(15)9-16-11/h8-9,16H,3-7H2,1-2H3,(H,17,20)(H,18,22). The van der Waals surface area contributed by atoms with Crippen molar-refractivity contribution in [2.45, 2.75) is 33.1 Å². The van der Waals surface area contributed by atoms with Crippen molar-refractivity contribution in [1.29, 1.82) is 0 Å². The Morgan fingerprint density at radius 3 is 2.41 bits per heavy atom. The van der Waals surface area contributed by atoms with Crippen LogP contribution >= 0.6 is 15.9 Å². The fourth-order valence-electron chi connectivity index (χ4n) is 1.89. The summed E-state index contributed by atoms with van der Waals surface area (Å²) in [6.45, 7) is 5.18. The molecule has 0 aliphatic rings. The zero-order valence-corrected chi connectivity index (χ0v) is 14.3. The summed E-state index contributed by atoms with van der Waals surface area (Å²) in [5, 5.41) is 0. The van der Waals surface area contributed by atoms with Crippen LogP contribution in [-0.2, 0) is 9.59 Å². The minimum absolute atomic E-state index is 0.0399. The molecule has 1 aromatic heterocycles. The predicted molar refractivity (Wildman–Crippen MR) is 85.9 cm³/mol. The third kappa shape index (κ3) is 5.88. The quantitative estimate of drug-likeness (QED) is 0.634. The molecule has 1 aromatic rings. The number of hydrogen-bond acceptors (Lipinski definition) is 3. The molecule has 22 heavy (non-hydrogen) atoms. The number of aromatic amines is 1. The lowest BCUT2D eigenvalue weighted by atomic mass is 10.2. The van der Waals surface area contributed by atoms with Crippen LogP contribution in [-0.4, -0.2) is 40.7 Å². The van der Waals surface area contributed by atoms with Crippen molar-refractivity contribution >= 4 is 33.7 Å². The van der Waals surface area contributed by atoms with Crippen LogP contribution in [0.2, 0.25) is 0 Å². The highest BCUT2D eigenvalue weighted by Gasteiger charge is 2.12. The number of hydrogen-bond donors (Lipinski definition) is 3. The van der Waals surface area contributed by atoms with Crippen molar-refractivity contribution in [1.82, 2.24) is 20.7 Å². The van der Waals surface area contributed by atoms with Gasteiger partial charge in [-0.25, -0.2) is 0 Å². The Bertz CT molecular complexity index is 526. The van der Waals surface area contributed by atoms with Crippen LogP contribution in [0.1, 0.15) is 43.6 Å². The van der Waals surface area contributed by atoms with Gasteiger partial charge in [0.25, 0.3) is 5.91 Å². The van der Waals surface area contributed by atoms with Gasteiger partial charge in [0, 0.05) is 36.6 Å². The molecular weight excluding hydrogens is 352 g/mol. The molecule has 1 heterocycles. The van der Waals surface area contributed by atoms with Gasteiger partial charge in [-0.3, -0.25) is 25.2 Å². The molecule has 122 valence electrons. The van der Waals surface area contributed by atoms with Gasteiger partial charge in [0.2, 0.25) is 11.8 Å². The number of amides is 3. The van der Waals surface area contributed by atoms with E-state index in [0.29, 0.717) is 31.6 Å². The maximum absolute atomic E-state index is 11.8. The van der Waals surface area contributed by atoms with Gasteiger partial charge in [-0.2, -0.15) is 0 Å². The van der Waals surface area contributed by atoms with Gasteiger partial charge in [0.15, 0.2) is 0 Å². The zero-order chi connectivity index (χ0) is 16.5. The normalized spacial score (nSPS) is 10.1. The molecule has 0 aliphatic carbocycles. The second kappa shape index (κ2) is 9.24. The molecule has 0 atom stereocenters. The molecule has 0 aliphatic heterocycles. The van der Waals surface area contributed by atoms with Gasteiger partial charge in [-0.15, -0.1) is 0 Å². The molecule has 3 N–H and O–H groups in total. The van der Waals surface area contributed by atoms with Gasteiger partial charge in [0.1, 0.15) is 5.69 Å². The van der Waals surface area contributed by atoms with Crippen LogP contribution in [0.25, 0.3) is 0 Å². The fourth-order valence-corrected chi connectivity index (χ4v) is 2.23. The van der Waals surface area contributed by atoms with E-state index in [0.717, 1.165) is 4.47 Å². The van der Waals surface area contributed by atoms with Crippen molar-refractivity contribution in [2.75, 3.05) is 13.1 Å². The minimum Gasteiger partial charge on any atom is -0.356 e. The van der Waals surface area contributed by atoms with Crippen LogP contribution in [0.4, 0.5) is 0 Å². The first-order valence-corrected chi connectivity index (χ1v) is 7.98. The number of rotatable bonds is 7. The average Bonchev–Trinajstić information content (AvgIpc) is 2.92.